The third-order valence-corrected chi connectivity index (χ3v) is 3.35. The Morgan fingerprint density at radius 3 is 2.52 bits per heavy atom. The molecule has 5 heteroatoms. The Hall–Kier alpha value is -2.69. The lowest BCUT2D eigenvalue weighted by atomic mass is 10.1. The molecular formula is C16H15N3O2. The lowest BCUT2D eigenvalue weighted by molar-refractivity contribution is -0.136. The minimum Gasteiger partial charge on any atom is -0.481 e. The molecule has 0 spiro atoms. The van der Waals surface area contributed by atoms with Crippen molar-refractivity contribution < 1.29 is 9.90 Å². The second-order valence-electron chi connectivity index (χ2n) is 5.09. The molecule has 2 aromatic heterocycles. The van der Waals surface area contributed by atoms with E-state index >= 15 is 0 Å². The standard InChI is InChI=1S/C16H15N3O2/c1-10-3-6-12(7-4-10)16-13(9-15(20)21)19-14(17-16)8-5-11(2)18-19/h3-8H,9H2,1-2H3,(H,20,21). The van der Waals surface area contributed by atoms with Crippen LogP contribution in [-0.4, -0.2) is 25.7 Å². The predicted molar refractivity (Wildman–Crippen MR) is 79.2 cm³/mol. The number of carbonyl (C=O) groups is 1. The molecule has 0 fully saturated rings. The molecule has 0 atom stereocenters. The first-order chi connectivity index (χ1) is 10.0. The summed E-state index contributed by atoms with van der Waals surface area (Å²) in [5, 5.41) is 13.5. The van der Waals surface area contributed by atoms with Gasteiger partial charge in [0, 0.05) is 5.56 Å². The summed E-state index contributed by atoms with van der Waals surface area (Å²) >= 11 is 0. The smallest absolute Gasteiger partial charge is 0.309 e. The Morgan fingerprint density at radius 2 is 1.86 bits per heavy atom. The van der Waals surface area contributed by atoms with E-state index in [0.29, 0.717) is 17.0 Å². The monoisotopic (exact) mass is 281 g/mol. The molecule has 5 nitrogen and oxygen atoms in total. The highest BCUT2D eigenvalue weighted by molar-refractivity contribution is 5.75. The molecule has 0 aliphatic rings. The van der Waals surface area contributed by atoms with Crippen molar-refractivity contribution >= 4 is 11.6 Å². The Morgan fingerprint density at radius 1 is 1.14 bits per heavy atom. The van der Waals surface area contributed by atoms with E-state index in [4.69, 9.17) is 5.11 Å². The summed E-state index contributed by atoms with van der Waals surface area (Å²) in [6, 6.07) is 11.6. The number of aromatic nitrogens is 3. The lowest BCUT2D eigenvalue weighted by Gasteiger charge is -2.03. The first kappa shape index (κ1) is 13.3. The summed E-state index contributed by atoms with van der Waals surface area (Å²) in [6.07, 6.45) is -0.110. The molecule has 0 amide bonds. The number of nitrogens with zero attached hydrogens (tertiary/aromatic N) is 3. The van der Waals surface area contributed by atoms with E-state index in [0.717, 1.165) is 16.8 Å². The van der Waals surface area contributed by atoms with Gasteiger partial charge in [-0.15, -0.1) is 0 Å². The molecule has 2 heterocycles. The van der Waals surface area contributed by atoms with Gasteiger partial charge in [0.25, 0.3) is 0 Å². The van der Waals surface area contributed by atoms with Crippen LogP contribution in [0.1, 0.15) is 17.0 Å². The molecule has 0 radical (unpaired) electrons. The Labute approximate surface area is 121 Å². The topological polar surface area (TPSA) is 67.5 Å². The number of hydrogen-bond acceptors (Lipinski definition) is 3. The molecule has 0 bridgehead atoms. The molecule has 3 rings (SSSR count). The van der Waals surface area contributed by atoms with Crippen LogP contribution in [0.15, 0.2) is 36.4 Å². The average Bonchev–Trinajstić information content (AvgIpc) is 2.77. The maximum Gasteiger partial charge on any atom is 0.309 e. The number of hydrogen-bond donors (Lipinski definition) is 1. The van der Waals surface area contributed by atoms with E-state index < -0.39 is 5.97 Å². The summed E-state index contributed by atoms with van der Waals surface area (Å²) in [4.78, 5) is 15.7. The molecule has 1 aromatic carbocycles. The molecule has 106 valence electrons. The highest BCUT2D eigenvalue weighted by Gasteiger charge is 2.17. The van der Waals surface area contributed by atoms with Crippen molar-refractivity contribution in [3.8, 4) is 11.3 Å². The van der Waals surface area contributed by atoms with Crippen molar-refractivity contribution in [2.75, 3.05) is 0 Å². The van der Waals surface area contributed by atoms with E-state index in [1.165, 1.54) is 0 Å². The van der Waals surface area contributed by atoms with Crippen LogP contribution in [0.4, 0.5) is 0 Å². The van der Waals surface area contributed by atoms with Crippen LogP contribution in [0, 0.1) is 13.8 Å². The van der Waals surface area contributed by atoms with Crippen LogP contribution in [-0.2, 0) is 11.2 Å². The summed E-state index contributed by atoms with van der Waals surface area (Å²) in [5.41, 5.74) is 4.81. The number of aryl methyl sites for hydroxylation is 2. The van der Waals surface area contributed by atoms with Crippen LogP contribution in [0.3, 0.4) is 0 Å². The number of carboxylic acids is 1. The molecule has 0 aliphatic carbocycles. The number of rotatable bonds is 3. The molecule has 0 saturated carbocycles. The number of fused-ring (bicyclic) bond motifs is 1. The fourth-order valence-electron chi connectivity index (χ4n) is 2.32. The largest absolute Gasteiger partial charge is 0.481 e. The van der Waals surface area contributed by atoms with Crippen molar-refractivity contribution in [1.82, 2.24) is 14.6 Å². The second kappa shape index (κ2) is 5.01. The second-order valence-corrected chi connectivity index (χ2v) is 5.09. The normalized spacial score (nSPS) is 11.0. The van der Waals surface area contributed by atoms with E-state index in [-0.39, 0.29) is 6.42 Å². The fourth-order valence-corrected chi connectivity index (χ4v) is 2.32. The predicted octanol–water partition coefficient (Wildman–Crippen LogP) is 2.64. The third-order valence-electron chi connectivity index (χ3n) is 3.35. The van der Waals surface area contributed by atoms with Crippen molar-refractivity contribution in [1.29, 1.82) is 0 Å². The van der Waals surface area contributed by atoms with Gasteiger partial charge in [0.15, 0.2) is 5.65 Å². The van der Waals surface area contributed by atoms with E-state index in [1.54, 1.807) is 4.52 Å². The van der Waals surface area contributed by atoms with E-state index in [2.05, 4.69) is 10.1 Å². The van der Waals surface area contributed by atoms with Crippen molar-refractivity contribution in [3.63, 3.8) is 0 Å². The van der Waals surface area contributed by atoms with Gasteiger partial charge in [0.2, 0.25) is 0 Å². The van der Waals surface area contributed by atoms with Gasteiger partial charge in [-0.25, -0.2) is 9.50 Å². The van der Waals surface area contributed by atoms with Crippen LogP contribution in [0.25, 0.3) is 16.9 Å². The van der Waals surface area contributed by atoms with Gasteiger partial charge in [-0.05, 0) is 26.0 Å². The van der Waals surface area contributed by atoms with E-state index in [1.807, 2.05) is 50.2 Å². The SMILES string of the molecule is Cc1ccc(-c2nc3ccc(C)nn3c2CC(=O)O)cc1. The molecular weight excluding hydrogens is 266 g/mol. The molecule has 1 N–H and O–H groups in total. The molecule has 0 aliphatic heterocycles. The van der Waals surface area contributed by atoms with Gasteiger partial charge in [-0.1, -0.05) is 29.8 Å². The van der Waals surface area contributed by atoms with Crippen molar-refractivity contribution in [3.05, 3.63) is 53.3 Å². The fraction of sp³-hybridized carbons (Fsp3) is 0.188. The summed E-state index contributed by atoms with van der Waals surface area (Å²) < 4.78 is 1.62. The van der Waals surface area contributed by atoms with Gasteiger partial charge in [-0.2, -0.15) is 5.10 Å². The minimum absolute atomic E-state index is 0.110. The van der Waals surface area contributed by atoms with Crippen LogP contribution in [0.5, 0.6) is 0 Å². The van der Waals surface area contributed by atoms with Gasteiger partial charge >= 0.3 is 5.97 Å². The van der Waals surface area contributed by atoms with Crippen LogP contribution >= 0.6 is 0 Å². The lowest BCUT2D eigenvalue weighted by Crippen LogP contribution is -2.07. The molecule has 3 aromatic rings. The quantitative estimate of drug-likeness (QED) is 0.801. The minimum atomic E-state index is -0.895. The molecule has 0 unspecified atom stereocenters. The maximum absolute atomic E-state index is 11.2. The van der Waals surface area contributed by atoms with Gasteiger partial charge in [0.1, 0.15) is 0 Å². The van der Waals surface area contributed by atoms with Gasteiger partial charge in [-0.3, -0.25) is 4.79 Å². The number of imidazole rings is 1. The molecule has 0 saturated heterocycles. The highest BCUT2D eigenvalue weighted by Crippen LogP contribution is 2.25. The Kier molecular flexibility index (Phi) is 3.17. The Balaban J connectivity index is 2.25. The average molecular weight is 281 g/mol. The van der Waals surface area contributed by atoms with E-state index in [9.17, 15) is 4.79 Å². The summed E-state index contributed by atoms with van der Waals surface area (Å²) in [6.45, 7) is 3.88. The first-order valence-corrected chi connectivity index (χ1v) is 6.68. The van der Waals surface area contributed by atoms with Crippen molar-refractivity contribution in [2.24, 2.45) is 0 Å². The van der Waals surface area contributed by atoms with Crippen LogP contribution in [0.2, 0.25) is 0 Å². The zero-order valence-electron chi connectivity index (χ0n) is 11.9. The summed E-state index contributed by atoms with van der Waals surface area (Å²) in [7, 11) is 0. The number of carboxylic acid groups (broad SMARTS) is 1. The third kappa shape index (κ3) is 2.50. The molecule has 21 heavy (non-hydrogen) atoms. The highest BCUT2D eigenvalue weighted by atomic mass is 16.4. The number of aliphatic carboxylic acids is 1. The Bertz CT molecular complexity index is 819. The first-order valence-electron chi connectivity index (χ1n) is 6.68. The van der Waals surface area contributed by atoms with Gasteiger partial charge in [0.05, 0.1) is 23.5 Å². The zero-order chi connectivity index (χ0) is 15.0. The summed E-state index contributed by atoms with van der Waals surface area (Å²) in [5.74, 6) is -0.895. The zero-order valence-corrected chi connectivity index (χ0v) is 11.9. The van der Waals surface area contributed by atoms with Crippen LogP contribution < -0.4 is 0 Å². The number of benzene rings is 1. The van der Waals surface area contributed by atoms with Gasteiger partial charge < -0.3 is 5.11 Å². The maximum atomic E-state index is 11.2. The van der Waals surface area contributed by atoms with Crippen molar-refractivity contribution in [2.45, 2.75) is 20.3 Å².